The maximum atomic E-state index is 4.43. The van der Waals surface area contributed by atoms with Crippen molar-refractivity contribution in [3.05, 3.63) is 17.0 Å². The Labute approximate surface area is 90.7 Å². The van der Waals surface area contributed by atoms with Crippen molar-refractivity contribution >= 4 is 0 Å². The summed E-state index contributed by atoms with van der Waals surface area (Å²) in [6.45, 7) is 2.14. The van der Waals surface area contributed by atoms with E-state index in [0.717, 1.165) is 12.5 Å². The fourth-order valence-corrected chi connectivity index (χ4v) is 2.41. The monoisotopic (exact) mass is 205 g/mol. The minimum atomic E-state index is 0.958. The van der Waals surface area contributed by atoms with Crippen LogP contribution in [0.25, 0.3) is 0 Å². The molecule has 0 atom stereocenters. The summed E-state index contributed by atoms with van der Waals surface area (Å²) in [6, 6.07) is 0. The highest BCUT2D eigenvalue weighted by atomic mass is 15.1. The van der Waals surface area contributed by atoms with Gasteiger partial charge in [0.25, 0.3) is 0 Å². The summed E-state index contributed by atoms with van der Waals surface area (Å²) >= 11 is 0. The fourth-order valence-electron chi connectivity index (χ4n) is 2.41. The Balaban J connectivity index is 1.60. The van der Waals surface area contributed by atoms with Gasteiger partial charge in [0.2, 0.25) is 0 Å². The van der Waals surface area contributed by atoms with Gasteiger partial charge in [-0.1, -0.05) is 0 Å². The van der Waals surface area contributed by atoms with Gasteiger partial charge in [-0.25, -0.2) is 0 Å². The topological polar surface area (TPSA) is 40.7 Å². The summed E-state index contributed by atoms with van der Waals surface area (Å²) in [4.78, 5) is 0. The molecule has 2 N–H and O–H groups in total. The molecule has 0 bridgehead atoms. The van der Waals surface area contributed by atoms with Gasteiger partial charge in [-0.2, -0.15) is 5.10 Å². The Morgan fingerprint density at radius 3 is 3.00 bits per heavy atom. The zero-order valence-electron chi connectivity index (χ0n) is 9.18. The van der Waals surface area contributed by atoms with Gasteiger partial charge in [-0.15, -0.1) is 0 Å². The molecule has 0 amide bonds. The number of aryl methyl sites for hydroxylation is 1. The van der Waals surface area contributed by atoms with E-state index in [0.29, 0.717) is 0 Å². The lowest BCUT2D eigenvalue weighted by Crippen LogP contribution is -2.17. The smallest absolute Gasteiger partial charge is 0.0794 e. The van der Waals surface area contributed by atoms with E-state index in [1.165, 1.54) is 62.0 Å². The predicted molar refractivity (Wildman–Crippen MR) is 59.7 cm³/mol. The predicted octanol–water partition coefficient (Wildman–Crippen LogP) is 1.79. The third-order valence-corrected chi connectivity index (χ3v) is 3.56. The Morgan fingerprint density at radius 2 is 2.13 bits per heavy atom. The van der Waals surface area contributed by atoms with Gasteiger partial charge >= 0.3 is 0 Å². The number of nitrogens with one attached hydrogen (secondary N) is 2. The first kappa shape index (κ1) is 9.40. The molecule has 2 aliphatic carbocycles. The first-order valence-electron chi connectivity index (χ1n) is 6.19. The van der Waals surface area contributed by atoms with Gasteiger partial charge in [0.05, 0.1) is 5.69 Å². The minimum absolute atomic E-state index is 0.958. The van der Waals surface area contributed by atoms with Crippen LogP contribution >= 0.6 is 0 Å². The lowest BCUT2D eigenvalue weighted by atomic mass is 9.96. The Morgan fingerprint density at radius 1 is 1.27 bits per heavy atom. The van der Waals surface area contributed by atoms with Gasteiger partial charge < -0.3 is 5.32 Å². The summed E-state index contributed by atoms with van der Waals surface area (Å²) in [6.07, 6.45) is 7.93. The van der Waals surface area contributed by atoms with E-state index in [1.807, 2.05) is 0 Å². The molecule has 15 heavy (non-hydrogen) atoms. The number of hydrogen-bond acceptors (Lipinski definition) is 2. The van der Waals surface area contributed by atoms with Gasteiger partial charge in [-0.3, -0.25) is 5.10 Å². The molecule has 0 spiro atoms. The number of fused-ring (bicyclic) bond motifs is 1. The quantitative estimate of drug-likeness (QED) is 0.786. The lowest BCUT2D eigenvalue weighted by Gasteiger charge is -2.11. The average Bonchev–Trinajstić information content (AvgIpc) is 3.00. The van der Waals surface area contributed by atoms with Crippen LogP contribution in [0.1, 0.15) is 42.6 Å². The molecule has 0 aromatic carbocycles. The number of hydrogen-bond donors (Lipinski definition) is 2. The summed E-state index contributed by atoms with van der Waals surface area (Å²) in [5.41, 5.74) is 4.17. The maximum Gasteiger partial charge on any atom is 0.0794 e. The number of aromatic nitrogens is 2. The van der Waals surface area contributed by atoms with E-state index in [9.17, 15) is 0 Å². The van der Waals surface area contributed by atoms with Gasteiger partial charge in [0.15, 0.2) is 0 Å². The molecule has 0 radical (unpaired) electrons. The lowest BCUT2D eigenvalue weighted by molar-refractivity contribution is 0.620. The van der Waals surface area contributed by atoms with Crippen LogP contribution in [0.15, 0.2) is 0 Å². The van der Waals surface area contributed by atoms with E-state index < -0.39 is 0 Å². The van der Waals surface area contributed by atoms with Crippen LogP contribution in [0.4, 0.5) is 0 Å². The molecule has 0 aliphatic heterocycles. The molecule has 2 aliphatic rings. The molecule has 3 nitrogen and oxygen atoms in total. The molecular formula is C12H19N3. The second-order valence-corrected chi connectivity index (χ2v) is 4.91. The van der Waals surface area contributed by atoms with E-state index >= 15 is 0 Å². The molecule has 0 saturated heterocycles. The third kappa shape index (κ3) is 2.07. The van der Waals surface area contributed by atoms with Crippen LogP contribution in [-0.4, -0.2) is 16.7 Å². The Kier molecular flexibility index (Phi) is 2.49. The second-order valence-electron chi connectivity index (χ2n) is 4.91. The number of rotatable bonds is 4. The molecule has 1 aromatic heterocycles. The molecule has 3 heteroatoms. The highest BCUT2D eigenvalue weighted by Crippen LogP contribution is 2.28. The van der Waals surface area contributed by atoms with Crippen molar-refractivity contribution in [2.45, 2.75) is 45.1 Å². The SMILES string of the molecule is C1CCc2c(CNCC3CC3)n[nH]c2C1. The zero-order chi connectivity index (χ0) is 10.1. The van der Waals surface area contributed by atoms with E-state index in [4.69, 9.17) is 0 Å². The van der Waals surface area contributed by atoms with Crippen LogP contribution in [0.2, 0.25) is 0 Å². The van der Waals surface area contributed by atoms with Crippen LogP contribution in [0.3, 0.4) is 0 Å². The van der Waals surface area contributed by atoms with Gasteiger partial charge in [0.1, 0.15) is 0 Å². The van der Waals surface area contributed by atoms with Crippen LogP contribution in [0.5, 0.6) is 0 Å². The number of H-pyrrole nitrogens is 1. The number of nitrogens with zero attached hydrogens (tertiary/aromatic N) is 1. The van der Waals surface area contributed by atoms with E-state index in [-0.39, 0.29) is 0 Å². The zero-order valence-corrected chi connectivity index (χ0v) is 9.18. The van der Waals surface area contributed by atoms with Crippen molar-refractivity contribution in [3.8, 4) is 0 Å². The molecule has 1 fully saturated rings. The average molecular weight is 205 g/mol. The van der Waals surface area contributed by atoms with Crippen molar-refractivity contribution in [3.63, 3.8) is 0 Å². The molecule has 0 unspecified atom stereocenters. The van der Waals surface area contributed by atoms with Crippen molar-refractivity contribution in [2.24, 2.45) is 5.92 Å². The molecule has 1 heterocycles. The highest BCUT2D eigenvalue weighted by molar-refractivity contribution is 5.27. The standard InChI is InChI=1S/C12H19N3/c1-2-4-11-10(3-1)12(15-14-11)8-13-7-9-5-6-9/h9,13H,1-8H2,(H,14,15). The normalized spacial score (nSPS) is 20.3. The molecule has 1 aromatic rings. The Bertz CT molecular complexity index is 339. The molecule has 82 valence electrons. The first-order chi connectivity index (χ1) is 7.43. The largest absolute Gasteiger partial charge is 0.311 e. The third-order valence-electron chi connectivity index (χ3n) is 3.56. The van der Waals surface area contributed by atoms with Crippen molar-refractivity contribution in [2.75, 3.05) is 6.54 Å². The first-order valence-corrected chi connectivity index (χ1v) is 6.19. The molecule has 1 saturated carbocycles. The maximum absolute atomic E-state index is 4.43. The minimum Gasteiger partial charge on any atom is -0.311 e. The van der Waals surface area contributed by atoms with Crippen molar-refractivity contribution in [1.29, 1.82) is 0 Å². The summed E-state index contributed by atoms with van der Waals surface area (Å²) in [7, 11) is 0. The summed E-state index contributed by atoms with van der Waals surface area (Å²) < 4.78 is 0. The van der Waals surface area contributed by atoms with Crippen LogP contribution in [0, 0.1) is 5.92 Å². The van der Waals surface area contributed by atoms with E-state index in [1.54, 1.807) is 0 Å². The number of aromatic amines is 1. The summed E-state index contributed by atoms with van der Waals surface area (Å²) in [5.74, 6) is 0.958. The molecular weight excluding hydrogens is 186 g/mol. The summed E-state index contributed by atoms with van der Waals surface area (Å²) in [5, 5.41) is 11.1. The van der Waals surface area contributed by atoms with Crippen molar-refractivity contribution in [1.82, 2.24) is 15.5 Å². The van der Waals surface area contributed by atoms with Crippen LogP contribution in [-0.2, 0) is 19.4 Å². The highest BCUT2D eigenvalue weighted by Gasteiger charge is 2.21. The van der Waals surface area contributed by atoms with E-state index in [2.05, 4.69) is 15.5 Å². The van der Waals surface area contributed by atoms with Gasteiger partial charge in [-0.05, 0) is 56.6 Å². The fraction of sp³-hybridized carbons (Fsp3) is 0.750. The van der Waals surface area contributed by atoms with Crippen LogP contribution < -0.4 is 5.32 Å². The second kappa shape index (κ2) is 3.97. The van der Waals surface area contributed by atoms with Gasteiger partial charge in [0, 0.05) is 12.2 Å². The Hall–Kier alpha value is -0.830. The van der Waals surface area contributed by atoms with Crippen molar-refractivity contribution < 1.29 is 0 Å². The molecule has 3 rings (SSSR count).